The Labute approximate surface area is 177 Å². The SMILES string of the molecule is CC(=O)Nc1ccc(NC(=O)CN2CCN(c3cc(C)nc(C(C)C)n3)CC2)cc1. The van der Waals surface area contributed by atoms with E-state index in [0.29, 0.717) is 23.8 Å². The van der Waals surface area contributed by atoms with Crippen LogP contribution in [0, 0.1) is 6.92 Å². The molecule has 2 N–H and O–H groups in total. The van der Waals surface area contributed by atoms with E-state index in [0.717, 1.165) is 43.5 Å². The molecule has 30 heavy (non-hydrogen) atoms. The van der Waals surface area contributed by atoms with Crippen molar-refractivity contribution in [3.05, 3.63) is 41.9 Å². The van der Waals surface area contributed by atoms with Crippen molar-refractivity contribution in [2.24, 2.45) is 0 Å². The summed E-state index contributed by atoms with van der Waals surface area (Å²) in [4.78, 5) is 37.1. The molecule has 3 rings (SSSR count). The van der Waals surface area contributed by atoms with Gasteiger partial charge in [0.25, 0.3) is 0 Å². The molecule has 2 heterocycles. The summed E-state index contributed by atoms with van der Waals surface area (Å²) < 4.78 is 0. The molecule has 0 unspecified atom stereocenters. The molecule has 160 valence electrons. The molecule has 0 spiro atoms. The van der Waals surface area contributed by atoms with E-state index in [1.807, 2.05) is 13.0 Å². The molecular weight excluding hydrogens is 380 g/mol. The van der Waals surface area contributed by atoms with Crippen LogP contribution in [0.4, 0.5) is 17.2 Å². The second-order valence-electron chi connectivity index (χ2n) is 7.95. The molecular formula is C22H30N6O2. The number of anilines is 3. The van der Waals surface area contributed by atoms with E-state index in [9.17, 15) is 9.59 Å². The van der Waals surface area contributed by atoms with Crippen molar-refractivity contribution in [3.8, 4) is 0 Å². The molecule has 0 radical (unpaired) electrons. The fraction of sp³-hybridized carbons (Fsp3) is 0.455. The predicted octanol–water partition coefficient (Wildman–Crippen LogP) is 2.63. The lowest BCUT2D eigenvalue weighted by molar-refractivity contribution is -0.117. The zero-order valence-corrected chi connectivity index (χ0v) is 18.1. The molecule has 1 aromatic heterocycles. The van der Waals surface area contributed by atoms with Gasteiger partial charge in [-0.25, -0.2) is 9.97 Å². The lowest BCUT2D eigenvalue weighted by atomic mass is 10.2. The molecule has 8 heteroatoms. The quantitative estimate of drug-likeness (QED) is 0.761. The number of hydrogen-bond acceptors (Lipinski definition) is 6. The number of carbonyl (C=O) groups is 2. The standard InChI is InChI=1S/C22H30N6O2/c1-15(2)22-23-16(3)13-20(26-22)28-11-9-27(10-12-28)14-21(30)25-19-7-5-18(6-8-19)24-17(4)29/h5-8,13,15H,9-12,14H2,1-4H3,(H,24,29)(H,25,30). The number of nitrogens with one attached hydrogen (secondary N) is 2. The van der Waals surface area contributed by atoms with E-state index < -0.39 is 0 Å². The van der Waals surface area contributed by atoms with Crippen LogP contribution < -0.4 is 15.5 Å². The first-order chi connectivity index (χ1) is 14.3. The largest absolute Gasteiger partial charge is 0.354 e. The minimum absolute atomic E-state index is 0.0456. The Hall–Kier alpha value is -3.00. The highest BCUT2D eigenvalue weighted by molar-refractivity contribution is 5.93. The molecule has 0 atom stereocenters. The van der Waals surface area contributed by atoms with Crippen LogP contribution in [0.25, 0.3) is 0 Å². The van der Waals surface area contributed by atoms with Gasteiger partial charge in [-0.1, -0.05) is 13.8 Å². The van der Waals surface area contributed by atoms with Crippen molar-refractivity contribution in [2.75, 3.05) is 48.3 Å². The smallest absolute Gasteiger partial charge is 0.238 e. The maximum atomic E-state index is 12.4. The maximum absolute atomic E-state index is 12.4. The number of aromatic nitrogens is 2. The highest BCUT2D eigenvalue weighted by atomic mass is 16.2. The Balaban J connectivity index is 1.50. The summed E-state index contributed by atoms with van der Waals surface area (Å²) in [7, 11) is 0. The summed E-state index contributed by atoms with van der Waals surface area (Å²) in [5, 5.41) is 5.62. The minimum Gasteiger partial charge on any atom is -0.354 e. The van der Waals surface area contributed by atoms with Crippen molar-refractivity contribution >= 4 is 29.0 Å². The number of nitrogens with zero attached hydrogens (tertiary/aromatic N) is 4. The van der Waals surface area contributed by atoms with Gasteiger partial charge in [0.15, 0.2) is 0 Å². The first-order valence-corrected chi connectivity index (χ1v) is 10.3. The van der Waals surface area contributed by atoms with E-state index in [-0.39, 0.29) is 11.8 Å². The van der Waals surface area contributed by atoms with Gasteiger partial charge in [-0.05, 0) is 31.2 Å². The molecule has 1 aliphatic heterocycles. The van der Waals surface area contributed by atoms with Crippen molar-refractivity contribution in [3.63, 3.8) is 0 Å². The molecule has 2 amide bonds. The lowest BCUT2D eigenvalue weighted by Crippen LogP contribution is -2.49. The Kier molecular flexibility index (Phi) is 6.99. The van der Waals surface area contributed by atoms with E-state index in [1.54, 1.807) is 24.3 Å². The third-order valence-corrected chi connectivity index (χ3v) is 4.93. The average molecular weight is 411 g/mol. The third kappa shape index (κ3) is 6.00. The van der Waals surface area contributed by atoms with Crippen LogP contribution in [-0.4, -0.2) is 59.4 Å². The number of benzene rings is 1. The summed E-state index contributed by atoms with van der Waals surface area (Å²) in [5.41, 5.74) is 2.40. The minimum atomic E-state index is -0.122. The maximum Gasteiger partial charge on any atom is 0.238 e. The second-order valence-corrected chi connectivity index (χ2v) is 7.95. The van der Waals surface area contributed by atoms with Gasteiger partial charge in [-0.2, -0.15) is 0 Å². The van der Waals surface area contributed by atoms with Crippen LogP contribution in [0.2, 0.25) is 0 Å². The van der Waals surface area contributed by atoms with Gasteiger partial charge in [0.2, 0.25) is 11.8 Å². The van der Waals surface area contributed by atoms with Crippen LogP contribution >= 0.6 is 0 Å². The van der Waals surface area contributed by atoms with Gasteiger partial charge in [-0.3, -0.25) is 14.5 Å². The van der Waals surface area contributed by atoms with Gasteiger partial charge in [-0.15, -0.1) is 0 Å². The first kappa shape index (κ1) is 21.7. The summed E-state index contributed by atoms with van der Waals surface area (Å²) in [6, 6.07) is 9.13. The zero-order chi connectivity index (χ0) is 21.7. The van der Waals surface area contributed by atoms with Crippen molar-refractivity contribution < 1.29 is 9.59 Å². The Morgan fingerprint density at radius 3 is 2.17 bits per heavy atom. The molecule has 1 fully saturated rings. The van der Waals surface area contributed by atoms with E-state index in [1.165, 1.54) is 6.92 Å². The fourth-order valence-corrected chi connectivity index (χ4v) is 3.37. The third-order valence-electron chi connectivity index (χ3n) is 4.93. The zero-order valence-electron chi connectivity index (χ0n) is 18.1. The average Bonchev–Trinajstić information content (AvgIpc) is 2.69. The number of amides is 2. The number of aryl methyl sites for hydroxylation is 1. The van der Waals surface area contributed by atoms with E-state index >= 15 is 0 Å². The normalized spacial score (nSPS) is 14.6. The van der Waals surface area contributed by atoms with E-state index in [4.69, 9.17) is 4.98 Å². The molecule has 0 aliphatic carbocycles. The Bertz CT molecular complexity index is 889. The van der Waals surface area contributed by atoms with Gasteiger partial charge < -0.3 is 15.5 Å². The highest BCUT2D eigenvalue weighted by Gasteiger charge is 2.21. The van der Waals surface area contributed by atoms with Gasteiger partial charge in [0.05, 0.1) is 6.54 Å². The van der Waals surface area contributed by atoms with Crippen molar-refractivity contribution in [2.45, 2.75) is 33.6 Å². The fourth-order valence-electron chi connectivity index (χ4n) is 3.37. The Morgan fingerprint density at radius 2 is 1.60 bits per heavy atom. The Morgan fingerprint density at radius 1 is 1.00 bits per heavy atom. The summed E-state index contributed by atoms with van der Waals surface area (Å²) in [6.07, 6.45) is 0. The topological polar surface area (TPSA) is 90.5 Å². The van der Waals surface area contributed by atoms with Crippen LogP contribution in [0.1, 0.15) is 38.2 Å². The molecule has 1 saturated heterocycles. The van der Waals surface area contributed by atoms with Gasteiger partial charge >= 0.3 is 0 Å². The summed E-state index contributed by atoms with van der Waals surface area (Å²) in [5.74, 6) is 1.96. The van der Waals surface area contributed by atoms with Crippen molar-refractivity contribution in [1.82, 2.24) is 14.9 Å². The number of rotatable bonds is 6. The lowest BCUT2D eigenvalue weighted by Gasteiger charge is -2.35. The van der Waals surface area contributed by atoms with Crippen LogP contribution in [0.15, 0.2) is 30.3 Å². The van der Waals surface area contributed by atoms with Crippen LogP contribution in [0.5, 0.6) is 0 Å². The predicted molar refractivity (Wildman–Crippen MR) is 119 cm³/mol. The first-order valence-electron chi connectivity index (χ1n) is 10.3. The summed E-state index contributed by atoms with van der Waals surface area (Å²) >= 11 is 0. The number of piperazine rings is 1. The number of hydrogen-bond donors (Lipinski definition) is 2. The van der Waals surface area contributed by atoms with Crippen LogP contribution in [0.3, 0.4) is 0 Å². The second kappa shape index (κ2) is 9.67. The van der Waals surface area contributed by atoms with Crippen LogP contribution in [-0.2, 0) is 9.59 Å². The highest BCUT2D eigenvalue weighted by Crippen LogP contribution is 2.19. The molecule has 1 aliphatic rings. The monoisotopic (exact) mass is 410 g/mol. The van der Waals surface area contributed by atoms with E-state index in [2.05, 4.69) is 39.3 Å². The number of carbonyl (C=O) groups excluding carboxylic acids is 2. The molecule has 2 aromatic rings. The van der Waals surface area contributed by atoms with Gasteiger partial charge in [0, 0.05) is 62.2 Å². The molecule has 0 bridgehead atoms. The van der Waals surface area contributed by atoms with Gasteiger partial charge in [0.1, 0.15) is 11.6 Å². The summed E-state index contributed by atoms with van der Waals surface area (Å²) in [6.45, 7) is 11.3. The molecule has 8 nitrogen and oxygen atoms in total. The van der Waals surface area contributed by atoms with Crippen molar-refractivity contribution in [1.29, 1.82) is 0 Å². The molecule has 1 aromatic carbocycles. The molecule has 0 saturated carbocycles.